The molecule has 0 fully saturated rings. The van der Waals surface area contributed by atoms with Gasteiger partial charge in [-0.1, -0.05) is 6.07 Å². The number of hydrazine groups is 1. The molecule has 0 unspecified atom stereocenters. The molecule has 0 bridgehead atoms. The highest BCUT2D eigenvalue weighted by Gasteiger charge is 2.16. The van der Waals surface area contributed by atoms with Crippen molar-refractivity contribution in [1.29, 1.82) is 0 Å². The van der Waals surface area contributed by atoms with Gasteiger partial charge in [-0.05, 0) is 42.5 Å². The number of methoxy groups -OCH3 is 1. The Kier molecular flexibility index (Phi) is 5.42. The summed E-state index contributed by atoms with van der Waals surface area (Å²) in [4.78, 5) is 12.0. The van der Waals surface area contributed by atoms with Crippen LogP contribution in [0.5, 0.6) is 5.75 Å². The maximum Gasteiger partial charge on any atom is 0.265 e. The molecule has 0 radical (unpaired) electrons. The van der Waals surface area contributed by atoms with Gasteiger partial charge in [0.1, 0.15) is 5.75 Å². The number of rotatable bonds is 6. The normalized spacial score (nSPS) is 11.2. The summed E-state index contributed by atoms with van der Waals surface area (Å²) in [6, 6.07) is 12.3. The van der Waals surface area contributed by atoms with E-state index in [1.54, 1.807) is 44.4 Å². The van der Waals surface area contributed by atoms with Crippen LogP contribution in [0.2, 0.25) is 0 Å². The van der Waals surface area contributed by atoms with Gasteiger partial charge in [-0.25, -0.2) is 13.4 Å². The molecule has 0 saturated carbocycles. The average molecular weight is 349 g/mol. The standard InChI is InChI=1S/C16H19N3O4S/c1-19(2)17-16(20)12-5-4-6-15(11-12)24(21,22)18-13-7-9-14(23-3)10-8-13/h4-11,18H,1-3H3,(H,17,20). The minimum atomic E-state index is -3.80. The number of benzene rings is 2. The molecule has 0 aliphatic heterocycles. The number of hydrogen-bond donors (Lipinski definition) is 2. The van der Waals surface area contributed by atoms with Crippen LogP contribution in [0.1, 0.15) is 10.4 Å². The molecule has 0 aliphatic rings. The monoisotopic (exact) mass is 349 g/mol. The fourth-order valence-corrected chi connectivity index (χ4v) is 3.05. The predicted molar refractivity (Wildman–Crippen MR) is 91.4 cm³/mol. The van der Waals surface area contributed by atoms with Gasteiger partial charge in [0.15, 0.2) is 0 Å². The lowest BCUT2D eigenvalue weighted by molar-refractivity contribution is 0.0856. The van der Waals surface area contributed by atoms with Crippen LogP contribution in [0.4, 0.5) is 5.69 Å². The number of carbonyl (C=O) groups is 1. The van der Waals surface area contributed by atoms with Crippen LogP contribution in [0.25, 0.3) is 0 Å². The fourth-order valence-electron chi connectivity index (χ4n) is 1.95. The number of amides is 1. The lowest BCUT2D eigenvalue weighted by Crippen LogP contribution is -2.36. The summed E-state index contributed by atoms with van der Waals surface area (Å²) >= 11 is 0. The van der Waals surface area contributed by atoms with E-state index in [9.17, 15) is 13.2 Å². The van der Waals surface area contributed by atoms with Crippen molar-refractivity contribution in [2.24, 2.45) is 0 Å². The largest absolute Gasteiger partial charge is 0.497 e. The summed E-state index contributed by atoms with van der Waals surface area (Å²) in [5.41, 5.74) is 3.22. The van der Waals surface area contributed by atoms with Gasteiger partial charge in [0.25, 0.3) is 15.9 Å². The Morgan fingerprint density at radius 1 is 1.08 bits per heavy atom. The van der Waals surface area contributed by atoms with Crippen molar-refractivity contribution in [2.75, 3.05) is 25.9 Å². The van der Waals surface area contributed by atoms with Crippen LogP contribution in [-0.2, 0) is 10.0 Å². The van der Waals surface area contributed by atoms with Crippen molar-refractivity contribution in [3.05, 3.63) is 54.1 Å². The van der Waals surface area contributed by atoms with Gasteiger partial charge in [0.2, 0.25) is 0 Å². The van der Waals surface area contributed by atoms with E-state index in [1.165, 1.54) is 30.3 Å². The molecule has 0 aliphatic carbocycles. The molecule has 0 heterocycles. The molecule has 0 atom stereocenters. The second-order valence-electron chi connectivity index (χ2n) is 5.20. The Morgan fingerprint density at radius 3 is 2.33 bits per heavy atom. The zero-order valence-corrected chi connectivity index (χ0v) is 14.4. The Labute approximate surface area is 141 Å². The molecule has 128 valence electrons. The average Bonchev–Trinajstić information content (AvgIpc) is 2.55. The number of nitrogens with one attached hydrogen (secondary N) is 2. The lowest BCUT2D eigenvalue weighted by atomic mass is 10.2. The zero-order valence-electron chi connectivity index (χ0n) is 13.6. The van der Waals surface area contributed by atoms with Crippen LogP contribution in [-0.4, -0.2) is 40.5 Å². The second kappa shape index (κ2) is 7.33. The number of hydrogen-bond acceptors (Lipinski definition) is 5. The van der Waals surface area contributed by atoms with Crippen LogP contribution < -0.4 is 14.9 Å². The van der Waals surface area contributed by atoms with E-state index >= 15 is 0 Å². The molecular weight excluding hydrogens is 330 g/mol. The van der Waals surface area contributed by atoms with Crippen molar-refractivity contribution < 1.29 is 17.9 Å². The molecule has 0 saturated heterocycles. The van der Waals surface area contributed by atoms with Crippen molar-refractivity contribution in [3.63, 3.8) is 0 Å². The van der Waals surface area contributed by atoms with Crippen LogP contribution in [0.15, 0.2) is 53.4 Å². The number of ether oxygens (including phenoxy) is 1. The maximum atomic E-state index is 12.5. The highest BCUT2D eigenvalue weighted by atomic mass is 32.2. The Bertz CT molecular complexity index is 817. The Hall–Kier alpha value is -2.58. The molecule has 0 spiro atoms. The van der Waals surface area contributed by atoms with Crippen molar-refractivity contribution in [1.82, 2.24) is 10.4 Å². The van der Waals surface area contributed by atoms with E-state index in [2.05, 4.69) is 10.1 Å². The quantitative estimate of drug-likeness (QED) is 0.775. The number of sulfonamides is 1. The summed E-state index contributed by atoms with van der Waals surface area (Å²) in [6.45, 7) is 0. The molecule has 0 aromatic heterocycles. The van der Waals surface area contributed by atoms with Gasteiger partial charge in [-0.3, -0.25) is 14.9 Å². The predicted octanol–water partition coefficient (Wildman–Crippen LogP) is 1.70. The van der Waals surface area contributed by atoms with Gasteiger partial charge in [-0.15, -0.1) is 0 Å². The first kappa shape index (κ1) is 17.8. The van der Waals surface area contributed by atoms with Gasteiger partial charge < -0.3 is 4.74 Å². The number of nitrogens with zero attached hydrogens (tertiary/aromatic N) is 1. The van der Waals surface area contributed by atoms with Crippen molar-refractivity contribution in [2.45, 2.75) is 4.90 Å². The molecule has 2 aromatic rings. The molecular formula is C16H19N3O4S. The smallest absolute Gasteiger partial charge is 0.265 e. The summed E-state index contributed by atoms with van der Waals surface area (Å²) in [7, 11) is 1.07. The molecule has 8 heteroatoms. The third-order valence-corrected chi connectivity index (χ3v) is 4.45. The van der Waals surface area contributed by atoms with E-state index in [1.807, 2.05) is 0 Å². The third kappa shape index (κ3) is 4.46. The lowest BCUT2D eigenvalue weighted by Gasteiger charge is -2.13. The van der Waals surface area contributed by atoms with Gasteiger partial charge in [-0.2, -0.15) is 0 Å². The van der Waals surface area contributed by atoms with Gasteiger partial charge in [0.05, 0.1) is 12.0 Å². The molecule has 2 rings (SSSR count). The van der Waals surface area contributed by atoms with Crippen LogP contribution in [0, 0.1) is 0 Å². The van der Waals surface area contributed by atoms with Gasteiger partial charge >= 0.3 is 0 Å². The Balaban J connectivity index is 2.23. The topological polar surface area (TPSA) is 87.7 Å². The van der Waals surface area contributed by atoms with E-state index in [0.29, 0.717) is 11.4 Å². The molecule has 2 aromatic carbocycles. The summed E-state index contributed by atoms with van der Waals surface area (Å²) in [5, 5.41) is 1.49. The minimum Gasteiger partial charge on any atom is -0.497 e. The number of carbonyl (C=O) groups excluding carboxylic acids is 1. The van der Waals surface area contributed by atoms with Gasteiger partial charge in [0, 0.05) is 25.3 Å². The van der Waals surface area contributed by atoms with E-state index in [4.69, 9.17) is 4.74 Å². The molecule has 2 N–H and O–H groups in total. The van der Waals surface area contributed by atoms with E-state index in [0.717, 1.165) is 0 Å². The molecule has 24 heavy (non-hydrogen) atoms. The summed E-state index contributed by atoms with van der Waals surface area (Å²) in [5.74, 6) is 0.238. The summed E-state index contributed by atoms with van der Waals surface area (Å²) < 4.78 is 32.4. The highest BCUT2D eigenvalue weighted by Crippen LogP contribution is 2.20. The van der Waals surface area contributed by atoms with Crippen molar-refractivity contribution >= 4 is 21.6 Å². The van der Waals surface area contributed by atoms with Crippen LogP contribution in [0.3, 0.4) is 0 Å². The van der Waals surface area contributed by atoms with E-state index in [-0.39, 0.29) is 16.4 Å². The van der Waals surface area contributed by atoms with E-state index < -0.39 is 10.0 Å². The first-order valence-electron chi connectivity index (χ1n) is 7.07. The zero-order chi connectivity index (χ0) is 17.7. The number of anilines is 1. The third-order valence-electron chi connectivity index (χ3n) is 3.07. The Morgan fingerprint density at radius 2 is 1.75 bits per heavy atom. The maximum absolute atomic E-state index is 12.5. The first-order chi connectivity index (χ1) is 11.3. The fraction of sp³-hybridized carbons (Fsp3) is 0.188. The molecule has 1 amide bonds. The SMILES string of the molecule is COc1ccc(NS(=O)(=O)c2cccc(C(=O)NN(C)C)c2)cc1. The highest BCUT2D eigenvalue weighted by molar-refractivity contribution is 7.92. The molecule has 7 nitrogen and oxygen atoms in total. The first-order valence-corrected chi connectivity index (χ1v) is 8.55. The van der Waals surface area contributed by atoms with Crippen LogP contribution >= 0.6 is 0 Å². The summed E-state index contributed by atoms with van der Waals surface area (Å²) in [6.07, 6.45) is 0. The second-order valence-corrected chi connectivity index (χ2v) is 6.88. The van der Waals surface area contributed by atoms with Crippen molar-refractivity contribution in [3.8, 4) is 5.75 Å². The minimum absolute atomic E-state index is 0.00437.